The predicted octanol–water partition coefficient (Wildman–Crippen LogP) is 26.3. The van der Waals surface area contributed by atoms with Crippen LogP contribution in [0.5, 0.6) is 11.5 Å². The van der Waals surface area contributed by atoms with Crippen LogP contribution in [0.1, 0.15) is 22.6 Å². The Kier molecular flexibility index (Phi) is 16.6. The first kappa shape index (κ1) is 59.0. The van der Waals surface area contributed by atoms with Crippen LogP contribution >= 0.6 is 22.7 Å². The average Bonchev–Trinajstić information content (AvgIpc) is 0.935. The van der Waals surface area contributed by atoms with Crippen molar-refractivity contribution >= 4 is 111 Å². The molecule has 0 fully saturated rings. The number of hydrogen-bond acceptors (Lipinski definition) is 7. The Bertz CT molecular complexity index is 5150. The summed E-state index contributed by atoms with van der Waals surface area (Å²) in [7, 11) is 0. The SMILES string of the molecule is c1ccc(-c2cccc(-c3ccccc3)c2N(c2cccc(Oc3cc(N(c4ccccc4)c4ccccc4)cc(N(c4ccccc4)c4csc5ccccc45)c3)c2)c2cc(C(c3ccccc3)c3csc4ccccc34)cc(N(c3ccccc3)c3ccccc3)c2)cc1. The summed E-state index contributed by atoms with van der Waals surface area (Å²) in [6.45, 7) is 0. The molecule has 1 atom stereocenters. The van der Waals surface area contributed by atoms with E-state index in [0.717, 1.165) is 96.1 Å². The lowest BCUT2D eigenvalue weighted by atomic mass is 9.84. The van der Waals surface area contributed by atoms with Gasteiger partial charge in [0.15, 0.2) is 0 Å². The van der Waals surface area contributed by atoms with Crippen LogP contribution in [0.2, 0.25) is 0 Å². The minimum absolute atomic E-state index is 0.167. The van der Waals surface area contributed by atoms with Gasteiger partial charge in [-0.3, -0.25) is 0 Å². The molecule has 0 spiro atoms. The van der Waals surface area contributed by atoms with Gasteiger partial charge >= 0.3 is 0 Å². The summed E-state index contributed by atoms with van der Waals surface area (Å²) in [4.78, 5) is 9.57. The number of fused-ring (bicyclic) bond motifs is 2. The molecule has 96 heavy (non-hydrogen) atoms. The van der Waals surface area contributed by atoms with Gasteiger partial charge in [0.05, 0.1) is 22.7 Å². The lowest BCUT2D eigenvalue weighted by molar-refractivity contribution is 0.483. The zero-order chi connectivity index (χ0) is 64.0. The number of thiophene rings is 2. The van der Waals surface area contributed by atoms with Gasteiger partial charge in [0, 0.05) is 101 Å². The minimum atomic E-state index is -0.167. The highest BCUT2D eigenvalue weighted by molar-refractivity contribution is 7.18. The Morgan fingerprint density at radius 3 is 1.15 bits per heavy atom. The lowest BCUT2D eigenvalue weighted by Gasteiger charge is -2.34. The maximum atomic E-state index is 7.57. The van der Waals surface area contributed by atoms with Gasteiger partial charge in [0.1, 0.15) is 11.5 Å². The van der Waals surface area contributed by atoms with Crippen molar-refractivity contribution in [3.8, 4) is 33.8 Å². The van der Waals surface area contributed by atoms with Gasteiger partial charge in [-0.15, -0.1) is 22.7 Å². The van der Waals surface area contributed by atoms with E-state index >= 15 is 0 Å². The quantitative estimate of drug-likeness (QED) is 0.0802. The lowest BCUT2D eigenvalue weighted by Crippen LogP contribution is -2.16. The van der Waals surface area contributed by atoms with Crippen LogP contribution in [0.3, 0.4) is 0 Å². The highest BCUT2D eigenvalue weighted by Gasteiger charge is 2.29. The van der Waals surface area contributed by atoms with Crippen LogP contribution in [0.4, 0.5) is 68.2 Å². The molecule has 0 N–H and O–H groups in total. The second-order valence-corrected chi connectivity index (χ2v) is 25.5. The molecule has 0 amide bonds. The van der Waals surface area contributed by atoms with Crippen LogP contribution in [0.15, 0.2) is 381 Å². The number of para-hydroxylation sites is 6. The summed E-state index contributed by atoms with van der Waals surface area (Å²) in [5, 5.41) is 7.06. The molecule has 1 unspecified atom stereocenters. The van der Waals surface area contributed by atoms with E-state index < -0.39 is 0 Å². The number of hydrogen-bond donors (Lipinski definition) is 0. The van der Waals surface area contributed by atoms with Gasteiger partial charge in [-0.1, -0.05) is 243 Å². The zero-order valence-corrected chi connectivity index (χ0v) is 54.1. The van der Waals surface area contributed by atoms with E-state index in [2.05, 4.69) is 400 Å². The molecule has 5 nitrogen and oxygen atoms in total. The predicted molar refractivity (Wildman–Crippen MR) is 407 cm³/mol. The Labute approximate surface area is 568 Å². The third-order valence-electron chi connectivity index (χ3n) is 17.6. The van der Waals surface area contributed by atoms with Crippen molar-refractivity contribution in [1.82, 2.24) is 0 Å². The molecule has 0 aliphatic heterocycles. The fourth-order valence-corrected chi connectivity index (χ4v) is 15.3. The first-order valence-corrected chi connectivity index (χ1v) is 34.1. The molecule has 0 saturated heterocycles. The highest BCUT2D eigenvalue weighted by atomic mass is 32.1. The summed E-state index contributed by atoms with van der Waals surface area (Å²) in [5.41, 5.74) is 19.9. The Morgan fingerprint density at radius 2 is 0.625 bits per heavy atom. The van der Waals surface area contributed by atoms with Gasteiger partial charge in [0.25, 0.3) is 0 Å². The molecular weight excluding hydrogens is 1210 g/mol. The molecule has 0 aliphatic carbocycles. The van der Waals surface area contributed by atoms with Crippen molar-refractivity contribution in [1.29, 1.82) is 0 Å². The van der Waals surface area contributed by atoms with E-state index in [9.17, 15) is 0 Å². The van der Waals surface area contributed by atoms with E-state index in [1.54, 1.807) is 22.7 Å². The fourth-order valence-electron chi connectivity index (χ4n) is 13.4. The van der Waals surface area contributed by atoms with E-state index in [-0.39, 0.29) is 5.92 Å². The standard InChI is InChI=1S/C89H64N4OS2/c1-9-31-64(32-10-1)80-51-30-52-81(65-33-11-2-12-34-65)89(80)93(75-56-67(55-74(57-75)90(68-37-15-4-16-38-68)69-39-17-5-18-40-69)88(66-35-13-3-14-36-66)84-62-95-86-53-27-25-49-82(84)86)73-47-29-48-78(59-73)94-79-60-76(91(70-41-19-6-20-42-70)71-43-21-7-22-44-71)58-77(61-79)92(72-45-23-8-24-46-72)85-63-96-87-54-28-26-50-83(85)87/h1-63,88H. The van der Waals surface area contributed by atoms with E-state index in [4.69, 9.17) is 4.74 Å². The van der Waals surface area contributed by atoms with Crippen LogP contribution < -0.4 is 24.3 Å². The van der Waals surface area contributed by atoms with Crippen molar-refractivity contribution in [3.05, 3.63) is 397 Å². The van der Waals surface area contributed by atoms with Crippen molar-refractivity contribution in [2.24, 2.45) is 0 Å². The molecule has 16 aromatic rings. The molecule has 2 aromatic heterocycles. The molecule has 7 heteroatoms. The number of nitrogens with zero attached hydrogens (tertiary/aromatic N) is 4. The minimum Gasteiger partial charge on any atom is -0.457 e. The maximum Gasteiger partial charge on any atom is 0.131 e. The first-order valence-electron chi connectivity index (χ1n) is 32.4. The molecule has 0 saturated carbocycles. The molecule has 458 valence electrons. The van der Waals surface area contributed by atoms with Gasteiger partial charge in [0.2, 0.25) is 0 Å². The van der Waals surface area contributed by atoms with Crippen molar-refractivity contribution in [3.63, 3.8) is 0 Å². The summed E-state index contributed by atoms with van der Waals surface area (Å²) in [6.07, 6.45) is 0. The third kappa shape index (κ3) is 12.0. The van der Waals surface area contributed by atoms with Crippen molar-refractivity contribution in [2.75, 3.05) is 19.6 Å². The van der Waals surface area contributed by atoms with Gasteiger partial charge in [-0.25, -0.2) is 0 Å². The van der Waals surface area contributed by atoms with Gasteiger partial charge in [-0.2, -0.15) is 0 Å². The van der Waals surface area contributed by atoms with E-state index in [0.29, 0.717) is 11.5 Å². The van der Waals surface area contributed by atoms with E-state index in [1.165, 1.54) is 31.3 Å². The molecule has 2 heterocycles. The van der Waals surface area contributed by atoms with E-state index in [1.807, 2.05) is 0 Å². The maximum absolute atomic E-state index is 7.57. The number of ether oxygens (including phenoxy) is 1. The van der Waals surface area contributed by atoms with Crippen LogP contribution in [0.25, 0.3) is 42.4 Å². The number of rotatable bonds is 19. The summed E-state index contributed by atoms with van der Waals surface area (Å²) in [6, 6.07) is 133. The topological polar surface area (TPSA) is 22.2 Å². The summed E-state index contributed by atoms with van der Waals surface area (Å²) < 4.78 is 10.0. The average molecular weight is 1270 g/mol. The van der Waals surface area contributed by atoms with Crippen LogP contribution in [-0.2, 0) is 0 Å². The Balaban J connectivity index is 0.955. The summed E-state index contributed by atoms with van der Waals surface area (Å²) >= 11 is 3.55. The molecule has 16 rings (SSSR count). The molecular formula is C89H64N4OS2. The third-order valence-corrected chi connectivity index (χ3v) is 19.6. The largest absolute Gasteiger partial charge is 0.457 e. The second kappa shape index (κ2) is 26.9. The zero-order valence-electron chi connectivity index (χ0n) is 52.5. The normalized spacial score (nSPS) is 11.5. The van der Waals surface area contributed by atoms with Gasteiger partial charge < -0.3 is 24.3 Å². The van der Waals surface area contributed by atoms with Gasteiger partial charge in [-0.05, 0) is 148 Å². The second-order valence-electron chi connectivity index (χ2n) is 23.7. The molecule has 0 aliphatic rings. The molecule has 0 bridgehead atoms. The first-order chi connectivity index (χ1) is 47.6. The van der Waals surface area contributed by atoms with Crippen LogP contribution in [0, 0.1) is 0 Å². The van der Waals surface area contributed by atoms with Crippen molar-refractivity contribution in [2.45, 2.75) is 5.92 Å². The van der Waals surface area contributed by atoms with Crippen molar-refractivity contribution < 1.29 is 4.74 Å². The number of anilines is 12. The number of benzene rings is 14. The summed E-state index contributed by atoms with van der Waals surface area (Å²) in [5.74, 6) is 1.16. The van der Waals surface area contributed by atoms with Crippen LogP contribution in [-0.4, -0.2) is 0 Å². The Morgan fingerprint density at radius 1 is 0.250 bits per heavy atom. The molecule has 0 radical (unpaired) electrons. The monoisotopic (exact) mass is 1270 g/mol. The highest BCUT2D eigenvalue weighted by Crippen LogP contribution is 2.52. The molecule has 14 aromatic carbocycles. The fraction of sp³-hybridized carbons (Fsp3) is 0.0112. The smallest absolute Gasteiger partial charge is 0.131 e. The Hall–Kier alpha value is -12.0.